The van der Waals surface area contributed by atoms with Gasteiger partial charge in [-0.15, -0.1) is 0 Å². The average molecular weight is 456 g/mol. The Morgan fingerprint density at radius 3 is 2.59 bits per heavy atom. The number of fused-ring (bicyclic) bond motifs is 1. The Hall–Kier alpha value is -3.32. The van der Waals surface area contributed by atoms with Crippen molar-refractivity contribution in [2.24, 2.45) is 0 Å². The SMILES string of the molecule is CCOC(=O)CC1=CC(=O)N(CC(=O)NCc2ccccc2Cl)c2cc(C)c(C)cc2N1. The van der Waals surface area contributed by atoms with Crippen molar-refractivity contribution in [1.29, 1.82) is 0 Å². The molecule has 7 nitrogen and oxygen atoms in total. The minimum absolute atomic E-state index is 0.0709. The van der Waals surface area contributed by atoms with Crippen LogP contribution in [0.1, 0.15) is 30.0 Å². The standard InChI is InChI=1S/C24H26ClN3O4/c1-4-32-24(31)12-18-11-23(30)28(21-10-16(3)15(2)9-20(21)27-18)14-22(29)26-13-17-7-5-6-8-19(17)25/h5-11,27H,4,12-14H2,1-3H3,(H,26,29). The van der Waals surface area contributed by atoms with Crippen molar-refractivity contribution in [3.05, 3.63) is 69.9 Å². The zero-order valence-corrected chi connectivity index (χ0v) is 19.1. The van der Waals surface area contributed by atoms with Gasteiger partial charge >= 0.3 is 5.97 Å². The normalized spacial score (nSPS) is 12.9. The second kappa shape index (κ2) is 10.3. The van der Waals surface area contributed by atoms with Crippen LogP contribution in [0.2, 0.25) is 5.02 Å². The Labute approximate surface area is 192 Å². The van der Waals surface area contributed by atoms with E-state index < -0.39 is 11.9 Å². The third-order valence-corrected chi connectivity index (χ3v) is 5.51. The Balaban J connectivity index is 1.83. The van der Waals surface area contributed by atoms with E-state index in [1.807, 2.05) is 44.2 Å². The first-order valence-electron chi connectivity index (χ1n) is 10.3. The van der Waals surface area contributed by atoms with Gasteiger partial charge in [-0.25, -0.2) is 0 Å². The van der Waals surface area contributed by atoms with Crippen LogP contribution in [-0.2, 0) is 25.7 Å². The van der Waals surface area contributed by atoms with Gasteiger partial charge in [-0.1, -0.05) is 29.8 Å². The number of carbonyl (C=O) groups is 3. The molecule has 0 aromatic heterocycles. The number of amides is 2. The molecule has 0 spiro atoms. The quantitative estimate of drug-likeness (QED) is 0.619. The van der Waals surface area contributed by atoms with Gasteiger partial charge in [0, 0.05) is 23.3 Å². The van der Waals surface area contributed by atoms with Gasteiger partial charge in [0.15, 0.2) is 0 Å². The summed E-state index contributed by atoms with van der Waals surface area (Å²) in [5, 5.41) is 6.54. The molecule has 1 aliphatic rings. The van der Waals surface area contributed by atoms with Gasteiger partial charge in [0.1, 0.15) is 6.54 Å². The van der Waals surface area contributed by atoms with Crippen LogP contribution in [-0.4, -0.2) is 30.9 Å². The summed E-state index contributed by atoms with van der Waals surface area (Å²) in [5.74, 6) is -1.16. The first-order valence-corrected chi connectivity index (χ1v) is 10.7. The number of nitrogens with one attached hydrogen (secondary N) is 2. The molecule has 32 heavy (non-hydrogen) atoms. The smallest absolute Gasteiger partial charge is 0.311 e. The number of carbonyl (C=O) groups excluding carboxylic acids is 3. The minimum atomic E-state index is -0.435. The van der Waals surface area contributed by atoms with Gasteiger partial charge in [0.05, 0.1) is 24.4 Å². The number of aryl methyl sites for hydroxylation is 2. The fourth-order valence-corrected chi connectivity index (χ4v) is 3.54. The van der Waals surface area contributed by atoms with Gasteiger partial charge < -0.3 is 15.4 Å². The third kappa shape index (κ3) is 5.68. The molecular formula is C24H26ClN3O4. The molecule has 2 amide bonds. The lowest BCUT2D eigenvalue weighted by Gasteiger charge is -2.23. The number of rotatable bonds is 7. The fourth-order valence-electron chi connectivity index (χ4n) is 3.34. The van der Waals surface area contributed by atoms with Crippen LogP contribution in [0, 0.1) is 13.8 Å². The Bertz CT molecular complexity index is 1080. The zero-order valence-electron chi connectivity index (χ0n) is 18.3. The van der Waals surface area contributed by atoms with Crippen molar-refractivity contribution in [2.75, 3.05) is 23.4 Å². The summed E-state index contributed by atoms with van der Waals surface area (Å²) in [6, 6.07) is 11.0. The van der Waals surface area contributed by atoms with Gasteiger partial charge in [0.25, 0.3) is 5.91 Å². The highest BCUT2D eigenvalue weighted by Gasteiger charge is 2.26. The van der Waals surface area contributed by atoms with E-state index >= 15 is 0 Å². The zero-order chi connectivity index (χ0) is 23.3. The number of hydrogen-bond acceptors (Lipinski definition) is 5. The van der Waals surface area contributed by atoms with Crippen LogP contribution >= 0.6 is 11.6 Å². The Morgan fingerprint density at radius 1 is 1.16 bits per heavy atom. The first-order chi connectivity index (χ1) is 15.3. The maximum Gasteiger partial charge on any atom is 0.311 e. The lowest BCUT2D eigenvalue weighted by atomic mass is 10.1. The molecule has 2 aromatic rings. The molecule has 0 bridgehead atoms. The summed E-state index contributed by atoms with van der Waals surface area (Å²) in [6.45, 7) is 5.95. The van der Waals surface area contributed by atoms with Crippen molar-refractivity contribution in [2.45, 2.75) is 33.7 Å². The Kier molecular flexibility index (Phi) is 7.53. The van der Waals surface area contributed by atoms with Crippen LogP contribution in [0.25, 0.3) is 0 Å². The van der Waals surface area contributed by atoms with E-state index in [-0.39, 0.29) is 32.0 Å². The van der Waals surface area contributed by atoms with E-state index in [0.29, 0.717) is 22.1 Å². The number of benzene rings is 2. The predicted octanol–water partition coefficient (Wildman–Crippen LogP) is 3.87. The average Bonchev–Trinajstić information content (AvgIpc) is 2.84. The third-order valence-electron chi connectivity index (χ3n) is 5.14. The number of nitrogens with zero attached hydrogens (tertiary/aromatic N) is 1. The van der Waals surface area contributed by atoms with Gasteiger partial charge in [-0.05, 0) is 55.7 Å². The fraction of sp³-hybridized carbons (Fsp3) is 0.292. The molecule has 1 aliphatic heterocycles. The number of ether oxygens (including phenoxy) is 1. The second-order valence-corrected chi connectivity index (χ2v) is 7.93. The minimum Gasteiger partial charge on any atom is -0.466 e. The molecule has 0 atom stereocenters. The molecule has 0 saturated carbocycles. The number of halogens is 1. The largest absolute Gasteiger partial charge is 0.466 e. The first kappa shape index (κ1) is 23.3. The molecular weight excluding hydrogens is 430 g/mol. The molecule has 2 N–H and O–H groups in total. The summed E-state index contributed by atoms with van der Waals surface area (Å²) < 4.78 is 5.01. The summed E-state index contributed by atoms with van der Waals surface area (Å²) >= 11 is 6.15. The van der Waals surface area contributed by atoms with Crippen molar-refractivity contribution >= 4 is 40.8 Å². The van der Waals surface area contributed by atoms with Crippen LogP contribution in [0.3, 0.4) is 0 Å². The Morgan fingerprint density at radius 2 is 1.88 bits per heavy atom. The molecule has 1 heterocycles. The topological polar surface area (TPSA) is 87.7 Å². The van der Waals surface area contributed by atoms with Crippen molar-refractivity contribution in [3.63, 3.8) is 0 Å². The lowest BCUT2D eigenvalue weighted by molar-refractivity contribution is -0.142. The van der Waals surface area contributed by atoms with E-state index in [1.54, 1.807) is 13.0 Å². The maximum atomic E-state index is 13.0. The second-order valence-electron chi connectivity index (χ2n) is 7.52. The van der Waals surface area contributed by atoms with E-state index in [2.05, 4.69) is 10.6 Å². The molecule has 2 aromatic carbocycles. The maximum absolute atomic E-state index is 13.0. The van der Waals surface area contributed by atoms with Crippen LogP contribution in [0.5, 0.6) is 0 Å². The van der Waals surface area contributed by atoms with E-state index in [9.17, 15) is 14.4 Å². The monoisotopic (exact) mass is 455 g/mol. The molecule has 0 radical (unpaired) electrons. The van der Waals surface area contributed by atoms with Gasteiger partial charge in [0.2, 0.25) is 5.91 Å². The van der Waals surface area contributed by atoms with Crippen LogP contribution in [0.4, 0.5) is 11.4 Å². The summed E-state index contributed by atoms with van der Waals surface area (Å²) in [6.07, 6.45) is 1.27. The highest BCUT2D eigenvalue weighted by molar-refractivity contribution is 6.31. The molecule has 0 aliphatic carbocycles. The summed E-state index contributed by atoms with van der Waals surface area (Å²) in [7, 11) is 0. The molecule has 0 fully saturated rings. The number of hydrogen-bond donors (Lipinski definition) is 2. The predicted molar refractivity (Wildman–Crippen MR) is 125 cm³/mol. The molecule has 0 unspecified atom stereocenters. The van der Waals surface area contributed by atoms with E-state index in [0.717, 1.165) is 16.7 Å². The molecule has 0 saturated heterocycles. The number of anilines is 2. The van der Waals surface area contributed by atoms with Crippen molar-refractivity contribution < 1.29 is 19.1 Å². The van der Waals surface area contributed by atoms with Gasteiger partial charge in [-0.2, -0.15) is 0 Å². The van der Waals surface area contributed by atoms with Crippen LogP contribution < -0.4 is 15.5 Å². The van der Waals surface area contributed by atoms with Crippen molar-refractivity contribution in [1.82, 2.24) is 5.32 Å². The number of esters is 1. The molecule has 3 rings (SSSR count). The van der Waals surface area contributed by atoms with E-state index in [4.69, 9.17) is 16.3 Å². The highest BCUT2D eigenvalue weighted by atomic mass is 35.5. The molecule has 8 heteroatoms. The van der Waals surface area contributed by atoms with Crippen molar-refractivity contribution in [3.8, 4) is 0 Å². The highest BCUT2D eigenvalue weighted by Crippen LogP contribution is 2.33. The molecule has 168 valence electrons. The summed E-state index contributed by atoms with van der Waals surface area (Å²) in [5.41, 5.74) is 4.42. The van der Waals surface area contributed by atoms with Crippen LogP contribution in [0.15, 0.2) is 48.2 Å². The van der Waals surface area contributed by atoms with E-state index in [1.165, 1.54) is 11.0 Å². The van der Waals surface area contributed by atoms with Gasteiger partial charge in [-0.3, -0.25) is 19.3 Å². The lowest BCUT2D eigenvalue weighted by Crippen LogP contribution is -2.40. The summed E-state index contributed by atoms with van der Waals surface area (Å²) in [4.78, 5) is 39.1.